The van der Waals surface area contributed by atoms with Gasteiger partial charge < -0.3 is 20.3 Å². The van der Waals surface area contributed by atoms with Crippen LogP contribution >= 0.6 is 11.6 Å². The summed E-state index contributed by atoms with van der Waals surface area (Å²) in [5.74, 6) is -1.01. The number of rotatable bonds is 7. The Morgan fingerprint density at radius 1 is 1.41 bits per heavy atom. The molecule has 6 heteroatoms. The van der Waals surface area contributed by atoms with Gasteiger partial charge in [-0.25, -0.2) is 4.79 Å². The van der Waals surface area contributed by atoms with E-state index in [4.69, 9.17) is 26.6 Å². The molecule has 0 fully saturated rings. The van der Waals surface area contributed by atoms with E-state index < -0.39 is 5.97 Å². The number of hydrogen-bond acceptors (Lipinski definition) is 4. The summed E-state index contributed by atoms with van der Waals surface area (Å²) in [7, 11) is 0. The number of anilines is 1. The smallest absolute Gasteiger partial charge is 0.335 e. The molecule has 94 valence electrons. The van der Waals surface area contributed by atoms with Gasteiger partial charge in [-0.2, -0.15) is 0 Å². The summed E-state index contributed by atoms with van der Waals surface area (Å²) in [5.41, 5.74) is 0.807. The summed E-state index contributed by atoms with van der Waals surface area (Å²) in [4.78, 5) is 10.7. The molecule has 0 saturated carbocycles. The van der Waals surface area contributed by atoms with Gasteiger partial charge in [-0.1, -0.05) is 11.6 Å². The van der Waals surface area contributed by atoms with Gasteiger partial charge in [0.2, 0.25) is 0 Å². The molecular weight excluding hydrogens is 246 g/mol. The lowest BCUT2D eigenvalue weighted by Crippen LogP contribution is -2.11. The van der Waals surface area contributed by atoms with E-state index in [0.29, 0.717) is 30.5 Å². The van der Waals surface area contributed by atoms with Crippen LogP contribution in [-0.2, 0) is 4.74 Å². The third kappa shape index (κ3) is 4.60. The maximum absolute atomic E-state index is 10.7. The lowest BCUT2D eigenvalue weighted by atomic mass is 10.2. The highest BCUT2D eigenvalue weighted by molar-refractivity contribution is 6.33. The van der Waals surface area contributed by atoms with Gasteiger partial charge in [0.15, 0.2) is 0 Å². The van der Waals surface area contributed by atoms with Crippen molar-refractivity contribution in [3.63, 3.8) is 0 Å². The molecule has 1 rings (SSSR count). The highest BCUT2D eigenvalue weighted by Crippen LogP contribution is 2.22. The Morgan fingerprint density at radius 3 is 2.76 bits per heavy atom. The lowest BCUT2D eigenvalue weighted by molar-refractivity contribution is 0.0697. The van der Waals surface area contributed by atoms with Crippen LogP contribution in [0.25, 0.3) is 0 Å². The molecule has 0 unspecified atom stereocenters. The fourth-order valence-electron chi connectivity index (χ4n) is 1.22. The molecule has 1 aromatic rings. The zero-order valence-electron chi connectivity index (χ0n) is 9.15. The van der Waals surface area contributed by atoms with Gasteiger partial charge >= 0.3 is 5.97 Å². The first-order valence-corrected chi connectivity index (χ1v) is 5.48. The van der Waals surface area contributed by atoms with Gasteiger partial charge in [-0.05, 0) is 18.2 Å². The average molecular weight is 260 g/mol. The number of aliphatic hydroxyl groups excluding tert-OH is 1. The fourth-order valence-corrected chi connectivity index (χ4v) is 1.46. The third-order valence-electron chi connectivity index (χ3n) is 2.01. The molecule has 1 aromatic carbocycles. The van der Waals surface area contributed by atoms with Crippen molar-refractivity contribution in [2.45, 2.75) is 0 Å². The van der Waals surface area contributed by atoms with Crippen molar-refractivity contribution in [1.29, 1.82) is 0 Å². The van der Waals surface area contributed by atoms with Crippen LogP contribution in [0, 0.1) is 0 Å². The molecule has 0 bridgehead atoms. The number of carboxylic acid groups (broad SMARTS) is 1. The molecule has 0 aliphatic rings. The summed E-state index contributed by atoms with van der Waals surface area (Å²) in [6, 6.07) is 4.48. The Morgan fingerprint density at radius 2 is 2.18 bits per heavy atom. The fraction of sp³-hybridized carbons (Fsp3) is 0.364. The number of nitrogens with one attached hydrogen (secondary N) is 1. The van der Waals surface area contributed by atoms with Gasteiger partial charge in [0.05, 0.1) is 36.1 Å². The van der Waals surface area contributed by atoms with Gasteiger partial charge in [-0.3, -0.25) is 0 Å². The van der Waals surface area contributed by atoms with E-state index in [0.717, 1.165) is 0 Å². The summed E-state index contributed by atoms with van der Waals surface area (Å²) in [6.07, 6.45) is 0. The molecule has 0 aromatic heterocycles. The summed E-state index contributed by atoms with van der Waals surface area (Å²) in [5, 5.41) is 20.6. The highest BCUT2D eigenvalue weighted by atomic mass is 35.5. The topological polar surface area (TPSA) is 78.8 Å². The van der Waals surface area contributed by atoms with E-state index in [2.05, 4.69) is 5.32 Å². The summed E-state index contributed by atoms with van der Waals surface area (Å²) in [6.45, 7) is 1.27. The maximum atomic E-state index is 10.7. The number of aromatic carboxylic acids is 1. The van der Waals surface area contributed by atoms with Crippen LogP contribution in [0.15, 0.2) is 18.2 Å². The molecule has 5 nitrogen and oxygen atoms in total. The SMILES string of the molecule is O=C(O)c1ccc(NCCOCCO)c(Cl)c1. The van der Waals surface area contributed by atoms with E-state index in [1.165, 1.54) is 12.1 Å². The second-order valence-corrected chi connectivity index (χ2v) is 3.67. The lowest BCUT2D eigenvalue weighted by Gasteiger charge is -2.09. The monoisotopic (exact) mass is 259 g/mol. The zero-order valence-corrected chi connectivity index (χ0v) is 9.91. The van der Waals surface area contributed by atoms with Crippen LogP contribution in [0.4, 0.5) is 5.69 Å². The van der Waals surface area contributed by atoms with E-state index >= 15 is 0 Å². The van der Waals surface area contributed by atoms with Crippen molar-refractivity contribution in [2.24, 2.45) is 0 Å². The second-order valence-electron chi connectivity index (χ2n) is 3.26. The number of ether oxygens (including phenoxy) is 1. The third-order valence-corrected chi connectivity index (χ3v) is 2.33. The summed E-state index contributed by atoms with van der Waals surface area (Å²) >= 11 is 5.91. The van der Waals surface area contributed by atoms with Crippen LogP contribution < -0.4 is 5.32 Å². The molecule has 0 heterocycles. The van der Waals surface area contributed by atoms with Crippen LogP contribution in [-0.4, -0.2) is 42.5 Å². The Kier molecular flexibility index (Phi) is 5.76. The van der Waals surface area contributed by atoms with Crippen molar-refractivity contribution in [3.8, 4) is 0 Å². The summed E-state index contributed by atoms with van der Waals surface area (Å²) < 4.78 is 5.06. The molecule has 0 aliphatic carbocycles. The zero-order chi connectivity index (χ0) is 12.7. The van der Waals surface area contributed by atoms with E-state index in [1.54, 1.807) is 6.07 Å². The van der Waals surface area contributed by atoms with Gasteiger partial charge in [0, 0.05) is 6.54 Å². The van der Waals surface area contributed by atoms with Gasteiger partial charge in [0.1, 0.15) is 0 Å². The number of benzene rings is 1. The van der Waals surface area contributed by atoms with Crippen LogP contribution in [0.1, 0.15) is 10.4 Å². The van der Waals surface area contributed by atoms with Crippen LogP contribution in [0.5, 0.6) is 0 Å². The normalized spacial score (nSPS) is 10.2. The first kappa shape index (κ1) is 13.8. The van der Waals surface area contributed by atoms with Crippen molar-refractivity contribution in [3.05, 3.63) is 28.8 Å². The van der Waals surface area contributed by atoms with Crippen molar-refractivity contribution < 1.29 is 19.7 Å². The van der Waals surface area contributed by atoms with Gasteiger partial charge in [0.25, 0.3) is 0 Å². The molecule has 0 aliphatic heterocycles. The Hall–Kier alpha value is -1.30. The second kappa shape index (κ2) is 7.11. The quantitative estimate of drug-likeness (QED) is 0.646. The Balaban J connectivity index is 2.46. The predicted octanol–water partition coefficient (Wildman–Crippen LogP) is 1.46. The molecule has 3 N–H and O–H groups in total. The molecule has 0 radical (unpaired) electrons. The standard InChI is InChI=1S/C11H14ClNO4/c12-9-7-8(11(15)16)1-2-10(9)13-3-5-17-6-4-14/h1-2,7,13-14H,3-6H2,(H,15,16). The molecule has 0 spiro atoms. The Labute approximate surface area is 104 Å². The molecule has 0 saturated heterocycles. The van der Waals surface area contributed by atoms with Crippen molar-refractivity contribution in [2.75, 3.05) is 31.7 Å². The van der Waals surface area contributed by atoms with Crippen molar-refractivity contribution in [1.82, 2.24) is 0 Å². The first-order chi connectivity index (χ1) is 8.15. The van der Waals surface area contributed by atoms with E-state index in [-0.39, 0.29) is 12.2 Å². The molecule has 0 atom stereocenters. The molecule has 17 heavy (non-hydrogen) atoms. The molecular formula is C11H14ClNO4. The number of carbonyl (C=O) groups is 1. The van der Waals surface area contributed by atoms with Crippen LogP contribution in [0.3, 0.4) is 0 Å². The number of halogens is 1. The first-order valence-electron chi connectivity index (χ1n) is 5.10. The van der Waals surface area contributed by atoms with E-state index in [9.17, 15) is 4.79 Å². The Bertz CT molecular complexity index is 384. The highest BCUT2D eigenvalue weighted by Gasteiger charge is 2.06. The number of aliphatic hydroxyl groups is 1. The maximum Gasteiger partial charge on any atom is 0.335 e. The van der Waals surface area contributed by atoms with Crippen molar-refractivity contribution >= 4 is 23.3 Å². The number of carboxylic acids is 1. The van der Waals surface area contributed by atoms with Crippen LogP contribution in [0.2, 0.25) is 5.02 Å². The van der Waals surface area contributed by atoms with Gasteiger partial charge in [-0.15, -0.1) is 0 Å². The minimum Gasteiger partial charge on any atom is -0.478 e. The minimum atomic E-state index is -1.01. The molecule has 0 amide bonds. The van der Waals surface area contributed by atoms with E-state index in [1.807, 2.05) is 0 Å². The number of hydrogen-bond donors (Lipinski definition) is 3. The largest absolute Gasteiger partial charge is 0.478 e. The minimum absolute atomic E-state index is 0.00589. The predicted molar refractivity (Wildman–Crippen MR) is 64.8 cm³/mol. The average Bonchev–Trinajstić information content (AvgIpc) is 2.30.